The zero-order valence-electron chi connectivity index (χ0n) is 14.8. The highest BCUT2D eigenvalue weighted by Gasteiger charge is 2.20. The molecular weight excluding hydrogens is 365 g/mol. The number of aromatic nitrogens is 4. The molecule has 0 aliphatic carbocycles. The van der Waals surface area contributed by atoms with Gasteiger partial charge in [0, 0.05) is 30.5 Å². The number of anilines is 2. The van der Waals surface area contributed by atoms with E-state index in [9.17, 15) is 9.18 Å². The molecule has 144 valence electrons. The maximum atomic E-state index is 14.4. The van der Waals surface area contributed by atoms with Crippen molar-refractivity contribution in [3.8, 4) is 5.82 Å². The summed E-state index contributed by atoms with van der Waals surface area (Å²) in [6, 6.07) is 4.54. The third kappa shape index (κ3) is 3.82. The SMILES string of the molecule is Nc1cnc(-n2cc(C(=O)Nc3ccc([C@H]4CNCCO4)c(F)c3)cn2)cn1. The van der Waals surface area contributed by atoms with Crippen molar-refractivity contribution in [2.24, 2.45) is 0 Å². The zero-order valence-corrected chi connectivity index (χ0v) is 14.8. The molecule has 0 radical (unpaired) electrons. The Morgan fingerprint density at radius 2 is 2.21 bits per heavy atom. The third-order valence-electron chi connectivity index (χ3n) is 4.27. The average molecular weight is 383 g/mol. The van der Waals surface area contributed by atoms with Gasteiger partial charge in [-0.2, -0.15) is 5.10 Å². The van der Waals surface area contributed by atoms with Crippen molar-refractivity contribution in [2.45, 2.75) is 6.10 Å². The summed E-state index contributed by atoms with van der Waals surface area (Å²) in [6.45, 7) is 1.84. The van der Waals surface area contributed by atoms with E-state index < -0.39 is 11.7 Å². The number of amides is 1. The number of hydrogen-bond acceptors (Lipinski definition) is 7. The lowest BCUT2D eigenvalue weighted by Gasteiger charge is -2.24. The first-order valence-corrected chi connectivity index (χ1v) is 8.66. The molecule has 0 bridgehead atoms. The summed E-state index contributed by atoms with van der Waals surface area (Å²) in [5.74, 6) is -0.143. The number of benzene rings is 1. The van der Waals surface area contributed by atoms with Gasteiger partial charge in [0.25, 0.3) is 5.91 Å². The third-order valence-corrected chi connectivity index (χ3v) is 4.27. The van der Waals surface area contributed by atoms with E-state index in [0.29, 0.717) is 35.8 Å². The summed E-state index contributed by atoms with van der Waals surface area (Å²) in [7, 11) is 0. The van der Waals surface area contributed by atoms with E-state index in [0.717, 1.165) is 6.54 Å². The average Bonchev–Trinajstić information content (AvgIpc) is 3.20. The summed E-state index contributed by atoms with van der Waals surface area (Å²) < 4.78 is 21.4. The molecule has 4 rings (SSSR count). The Hall–Kier alpha value is -3.37. The van der Waals surface area contributed by atoms with Crippen LogP contribution < -0.4 is 16.4 Å². The van der Waals surface area contributed by atoms with Gasteiger partial charge in [-0.1, -0.05) is 6.07 Å². The van der Waals surface area contributed by atoms with Gasteiger partial charge in [0.15, 0.2) is 5.82 Å². The smallest absolute Gasteiger partial charge is 0.258 e. The molecule has 1 atom stereocenters. The number of nitrogens with two attached hydrogens (primary N) is 1. The lowest BCUT2D eigenvalue weighted by Crippen LogP contribution is -2.33. The lowest BCUT2D eigenvalue weighted by atomic mass is 10.1. The van der Waals surface area contributed by atoms with Crippen LogP contribution in [0.3, 0.4) is 0 Å². The summed E-state index contributed by atoms with van der Waals surface area (Å²) in [4.78, 5) is 20.5. The molecule has 1 amide bonds. The van der Waals surface area contributed by atoms with Crippen LogP contribution in [0.5, 0.6) is 0 Å². The van der Waals surface area contributed by atoms with Gasteiger partial charge < -0.3 is 21.1 Å². The quantitative estimate of drug-likeness (QED) is 0.621. The number of rotatable bonds is 4. The molecule has 3 heterocycles. The minimum Gasteiger partial charge on any atom is -0.382 e. The van der Waals surface area contributed by atoms with E-state index in [4.69, 9.17) is 10.5 Å². The molecule has 1 aliphatic heterocycles. The molecule has 2 aromatic heterocycles. The van der Waals surface area contributed by atoms with Crippen molar-refractivity contribution in [2.75, 3.05) is 30.7 Å². The highest BCUT2D eigenvalue weighted by molar-refractivity contribution is 6.04. The van der Waals surface area contributed by atoms with Crippen molar-refractivity contribution in [3.05, 3.63) is 59.9 Å². The van der Waals surface area contributed by atoms with E-state index >= 15 is 0 Å². The molecule has 1 aromatic carbocycles. The number of nitrogen functional groups attached to an aromatic ring is 1. The predicted octanol–water partition coefficient (Wildman–Crippen LogP) is 1.30. The van der Waals surface area contributed by atoms with Crippen LogP contribution in [0.4, 0.5) is 15.9 Å². The Morgan fingerprint density at radius 3 is 2.93 bits per heavy atom. The van der Waals surface area contributed by atoms with Crippen LogP contribution in [-0.2, 0) is 4.74 Å². The van der Waals surface area contributed by atoms with Gasteiger partial charge in [0.2, 0.25) is 0 Å². The fourth-order valence-electron chi connectivity index (χ4n) is 2.85. The molecule has 10 heteroatoms. The molecule has 4 N–H and O–H groups in total. The Balaban J connectivity index is 1.46. The topological polar surface area (TPSA) is 120 Å². The maximum absolute atomic E-state index is 14.4. The number of carbonyl (C=O) groups excluding carboxylic acids is 1. The highest BCUT2D eigenvalue weighted by atomic mass is 19.1. The summed E-state index contributed by atoms with van der Waals surface area (Å²) in [5, 5.41) is 9.91. The Bertz CT molecular complexity index is 984. The fourth-order valence-corrected chi connectivity index (χ4v) is 2.85. The number of ether oxygens (including phenoxy) is 1. The monoisotopic (exact) mass is 383 g/mol. The molecule has 1 aliphatic rings. The van der Waals surface area contributed by atoms with Crippen molar-refractivity contribution in [3.63, 3.8) is 0 Å². The first kappa shape index (κ1) is 18.0. The van der Waals surface area contributed by atoms with Crippen LogP contribution in [0.25, 0.3) is 5.82 Å². The Labute approximate surface area is 159 Å². The first-order valence-electron chi connectivity index (χ1n) is 8.66. The predicted molar refractivity (Wildman–Crippen MR) is 99.5 cm³/mol. The van der Waals surface area contributed by atoms with Gasteiger partial charge in [-0.25, -0.2) is 19.0 Å². The minimum absolute atomic E-state index is 0.286. The first-order chi connectivity index (χ1) is 13.6. The van der Waals surface area contributed by atoms with Gasteiger partial charge >= 0.3 is 0 Å². The van der Waals surface area contributed by atoms with Crippen molar-refractivity contribution < 1.29 is 13.9 Å². The van der Waals surface area contributed by atoms with Gasteiger partial charge in [-0.3, -0.25) is 4.79 Å². The Kier molecular flexibility index (Phi) is 4.96. The number of nitrogens with zero attached hydrogens (tertiary/aromatic N) is 4. The minimum atomic E-state index is -0.431. The molecule has 1 fully saturated rings. The van der Waals surface area contributed by atoms with E-state index in [-0.39, 0.29) is 11.9 Å². The Morgan fingerprint density at radius 1 is 1.32 bits per heavy atom. The molecule has 0 unspecified atom stereocenters. The zero-order chi connectivity index (χ0) is 19.5. The van der Waals surface area contributed by atoms with Crippen LogP contribution >= 0.6 is 0 Å². The van der Waals surface area contributed by atoms with Gasteiger partial charge in [-0.15, -0.1) is 0 Å². The van der Waals surface area contributed by atoms with Crippen LogP contribution in [0.2, 0.25) is 0 Å². The second kappa shape index (κ2) is 7.71. The highest BCUT2D eigenvalue weighted by Crippen LogP contribution is 2.24. The van der Waals surface area contributed by atoms with E-state index in [2.05, 4.69) is 25.7 Å². The number of morpholine rings is 1. The van der Waals surface area contributed by atoms with E-state index in [1.807, 2.05) is 0 Å². The largest absolute Gasteiger partial charge is 0.382 e. The van der Waals surface area contributed by atoms with Gasteiger partial charge in [0.1, 0.15) is 11.6 Å². The van der Waals surface area contributed by atoms with E-state index in [1.165, 1.54) is 35.5 Å². The standard InChI is InChI=1S/C18H18FN7O2/c19-14-5-12(1-2-13(14)15-7-21-3-4-28-15)25-18(27)11-6-24-26(10-11)17-9-22-16(20)8-23-17/h1-2,5-6,8-10,15,21H,3-4,7H2,(H2,20,22)(H,25,27)/t15-/m1/s1. The van der Waals surface area contributed by atoms with Crippen molar-refractivity contribution >= 4 is 17.4 Å². The molecule has 9 nitrogen and oxygen atoms in total. The normalized spacial score (nSPS) is 16.7. The lowest BCUT2D eigenvalue weighted by molar-refractivity contribution is 0.0255. The van der Waals surface area contributed by atoms with Crippen molar-refractivity contribution in [1.29, 1.82) is 0 Å². The molecule has 0 saturated carbocycles. The summed E-state index contributed by atoms with van der Waals surface area (Å²) in [5.41, 5.74) is 6.60. The van der Waals surface area contributed by atoms with E-state index in [1.54, 1.807) is 12.1 Å². The number of nitrogens with one attached hydrogen (secondary N) is 2. The molecular formula is C18H18FN7O2. The van der Waals surface area contributed by atoms with Gasteiger partial charge in [-0.05, 0) is 12.1 Å². The maximum Gasteiger partial charge on any atom is 0.258 e. The van der Waals surface area contributed by atoms with Crippen LogP contribution in [0.15, 0.2) is 43.0 Å². The molecule has 0 spiro atoms. The molecule has 1 saturated heterocycles. The fraction of sp³-hybridized carbons (Fsp3) is 0.222. The van der Waals surface area contributed by atoms with Crippen LogP contribution in [-0.4, -0.2) is 45.4 Å². The molecule has 28 heavy (non-hydrogen) atoms. The number of hydrogen-bond donors (Lipinski definition) is 3. The summed E-state index contributed by atoms with van der Waals surface area (Å²) in [6.07, 6.45) is 5.40. The number of halogens is 1. The van der Waals surface area contributed by atoms with Crippen molar-refractivity contribution in [1.82, 2.24) is 25.1 Å². The second-order valence-electron chi connectivity index (χ2n) is 6.23. The van der Waals surface area contributed by atoms with Gasteiger partial charge in [0.05, 0.1) is 36.9 Å². The second-order valence-corrected chi connectivity index (χ2v) is 6.23. The van der Waals surface area contributed by atoms with Crippen LogP contribution in [0, 0.1) is 5.82 Å². The van der Waals surface area contributed by atoms with Crippen LogP contribution in [0.1, 0.15) is 22.0 Å². The molecule has 3 aromatic rings. The summed E-state index contributed by atoms with van der Waals surface area (Å²) >= 11 is 0. The number of carbonyl (C=O) groups is 1.